The van der Waals surface area contributed by atoms with Crippen molar-refractivity contribution < 1.29 is 20.4 Å². The molecule has 108 valence electrons. The average molecular weight is 284 g/mol. The summed E-state index contributed by atoms with van der Waals surface area (Å²) < 4.78 is 0. The fourth-order valence-electron chi connectivity index (χ4n) is 3.90. The highest BCUT2D eigenvalue weighted by atomic mass is 16.3. The highest BCUT2D eigenvalue weighted by Gasteiger charge is 2.35. The van der Waals surface area contributed by atoms with E-state index in [4.69, 9.17) is 0 Å². The van der Waals surface area contributed by atoms with E-state index in [1.54, 1.807) is 24.3 Å². The molecule has 0 amide bonds. The summed E-state index contributed by atoms with van der Waals surface area (Å²) in [5.74, 6) is 0.242. The second-order valence-corrected chi connectivity index (χ2v) is 6.12. The SMILES string of the molecule is Oc1cc2c(cc1O)C1Cc3cc(O)c(O)cc3C(C2)C1. The third-order valence-electron chi connectivity index (χ3n) is 4.85. The van der Waals surface area contributed by atoms with E-state index in [1.165, 1.54) is 0 Å². The predicted octanol–water partition coefficient (Wildman–Crippen LogP) is 2.88. The molecule has 2 aliphatic carbocycles. The fourth-order valence-corrected chi connectivity index (χ4v) is 3.90. The molecular formula is C17H16O4. The molecule has 0 spiro atoms. The van der Waals surface area contributed by atoms with Crippen LogP contribution in [0.1, 0.15) is 40.5 Å². The van der Waals surface area contributed by atoms with Crippen molar-refractivity contribution in [3.05, 3.63) is 46.5 Å². The number of hydrogen-bond acceptors (Lipinski definition) is 4. The normalized spacial score (nSPS) is 22.5. The van der Waals surface area contributed by atoms with Crippen molar-refractivity contribution >= 4 is 0 Å². The Kier molecular flexibility index (Phi) is 2.40. The lowest BCUT2D eigenvalue weighted by Gasteiger charge is -2.38. The highest BCUT2D eigenvalue weighted by Crippen LogP contribution is 2.50. The molecule has 2 aliphatic rings. The van der Waals surface area contributed by atoms with Gasteiger partial charge in [0.15, 0.2) is 23.0 Å². The van der Waals surface area contributed by atoms with Crippen LogP contribution in [0.25, 0.3) is 0 Å². The van der Waals surface area contributed by atoms with Gasteiger partial charge in [-0.15, -0.1) is 0 Å². The first kappa shape index (κ1) is 12.4. The molecule has 0 saturated heterocycles. The van der Waals surface area contributed by atoms with Crippen molar-refractivity contribution in [3.8, 4) is 23.0 Å². The highest BCUT2D eigenvalue weighted by molar-refractivity contribution is 5.54. The molecule has 2 bridgehead atoms. The van der Waals surface area contributed by atoms with E-state index in [9.17, 15) is 20.4 Å². The van der Waals surface area contributed by atoms with E-state index in [1.807, 2.05) is 0 Å². The zero-order valence-corrected chi connectivity index (χ0v) is 11.4. The van der Waals surface area contributed by atoms with Crippen LogP contribution in [-0.2, 0) is 12.8 Å². The van der Waals surface area contributed by atoms with E-state index < -0.39 is 0 Å². The van der Waals surface area contributed by atoms with Crippen LogP contribution < -0.4 is 0 Å². The van der Waals surface area contributed by atoms with Crippen molar-refractivity contribution in [2.75, 3.05) is 0 Å². The summed E-state index contributed by atoms with van der Waals surface area (Å²) in [7, 11) is 0. The Morgan fingerprint density at radius 1 is 0.619 bits per heavy atom. The van der Waals surface area contributed by atoms with Gasteiger partial charge >= 0.3 is 0 Å². The fraction of sp³-hybridized carbons (Fsp3) is 0.294. The zero-order valence-electron chi connectivity index (χ0n) is 11.4. The number of hydrogen-bond donors (Lipinski definition) is 4. The molecule has 4 N–H and O–H groups in total. The van der Waals surface area contributed by atoms with Crippen LogP contribution in [0.5, 0.6) is 23.0 Å². The molecule has 0 aromatic heterocycles. The Morgan fingerprint density at radius 2 is 1.00 bits per heavy atom. The summed E-state index contributed by atoms with van der Waals surface area (Å²) in [5.41, 5.74) is 4.29. The Labute approximate surface area is 121 Å². The standard InChI is InChI=1S/C17H16O4/c18-14-4-10-2-8-1-9(13(10)7-17(14)21)3-11-5-15(19)16(20)6-12(8)11/h4-9,18-21H,1-3H2. The van der Waals surface area contributed by atoms with E-state index in [0.717, 1.165) is 41.5 Å². The summed E-state index contributed by atoms with van der Waals surface area (Å²) >= 11 is 0. The minimum absolute atomic E-state index is 0.0773. The van der Waals surface area contributed by atoms with Crippen LogP contribution in [-0.4, -0.2) is 20.4 Å². The van der Waals surface area contributed by atoms with E-state index in [0.29, 0.717) is 0 Å². The van der Waals surface area contributed by atoms with Gasteiger partial charge in [-0.1, -0.05) is 0 Å². The maximum atomic E-state index is 9.73. The molecule has 2 unspecified atom stereocenters. The molecule has 2 aromatic rings. The maximum absolute atomic E-state index is 9.73. The maximum Gasteiger partial charge on any atom is 0.157 e. The molecule has 4 rings (SSSR count). The van der Waals surface area contributed by atoms with Gasteiger partial charge in [0.25, 0.3) is 0 Å². The number of fused-ring (bicyclic) bond motifs is 6. The van der Waals surface area contributed by atoms with Crippen molar-refractivity contribution in [3.63, 3.8) is 0 Å². The molecule has 4 heteroatoms. The van der Waals surface area contributed by atoms with Gasteiger partial charge in [-0.3, -0.25) is 0 Å². The minimum Gasteiger partial charge on any atom is -0.504 e. The van der Waals surface area contributed by atoms with Gasteiger partial charge in [0, 0.05) is 0 Å². The number of aromatic hydroxyl groups is 4. The van der Waals surface area contributed by atoms with E-state index in [-0.39, 0.29) is 34.8 Å². The van der Waals surface area contributed by atoms with Gasteiger partial charge in [0.2, 0.25) is 0 Å². The van der Waals surface area contributed by atoms with Crippen LogP contribution in [0.15, 0.2) is 24.3 Å². The monoisotopic (exact) mass is 284 g/mol. The van der Waals surface area contributed by atoms with Gasteiger partial charge < -0.3 is 20.4 Å². The van der Waals surface area contributed by atoms with Gasteiger partial charge in [0.05, 0.1) is 0 Å². The van der Waals surface area contributed by atoms with E-state index >= 15 is 0 Å². The van der Waals surface area contributed by atoms with Gasteiger partial charge in [0.1, 0.15) is 0 Å². The van der Waals surface area contributed by atoms with Crippen LogP contribution in [0.3, 0.4) is 0 Å². The first-order chi connectivity index (χ1) is 10.0. The number of rotatable bonds is 0. The number of phenols is 4. The quantitative estimate of drug-likeness (QED) is 0.561. The Balaban J connectivity index is 1.84. The van der Waals surface area contributed by atoms with Crippen molar-refractivity contribution in [1.29, 1.82) is 0 Å². The molecular weight excluding hydrogens is 268 g/mol. The molecule has 4 nitrogen and oxygen atoms in total. The van der Waals surface area contributed by atoms with Crippen LogP contribution in [0.4, 0.5) is 0 Å². The average Bonchev–Trinajstić information content (AvgIpc) is 2.44. The predicted molar refractivity (Wildman–Crippen MR) is 77.1 cm³/mol. The molecule has 21 heavy (non-hydrogen) atoms. The summed E-state index contributed by atoms with van der Waals surface area (Å²) in [6, 6.07) is 6.62. The molecule has 0 aliphatic heterocycles. The first-order valence-electron chi connectivity index (χ1n) is 7.12. The van der Waals surface area contributed by atoms with Crippen LogP contribution in [0, 0.1) is 0 Å². The van der Waals surface area contributed by atoms with Crippen molar-refractivity contribution in [1.82, 2.24) is 0 Å². The lowest BCUT2D eigenvalue weighted by molar-refractivity contribution is 0.389. The molecule has 2 aromatic carbocycles. The Morgan fingerprint density at radius 3 is 1.43 bits per heavy atom. The van der Waals surface area contributed by atoms with Crippen LogP contribution in [0.2, 0.25) is 0 Å². The Bertz CT molecular complexity index is 687. The van der Waals surface area contributed by atoms with Crippen LogP contribution >= 0.6 is 0 Å². The summed E-state index contributed by atoms with van der Waals surface area (Å²) in [4.78, 5) is 0. The van der Waals surface area contributed by atoms with Crippen molar-refractivity contribution in [2.45, 2.75) is 31.1 Å². The molecule has 0 fully saturated rings. The summed E-state index contributed by atoms with van der Waals surface area (Å²) in [6.07, 6.45) is 2.52. The number of benzene rings is 2. The van der Waals surface area contributed by atoms with E-state index in [2.05, 4.69) is 0 Å². The lowest BCUT2D eigenvalue weighted by Crippen LogP contribution is -2.24. The first-order valence-corrected chi connectivity index (χ1v) is 7.12. The third-order valence-corrected chi connectivity index (χ3v) is 4.85. The Hall–Kier alpha value is -2.36. The topological polar surface area (TPSA) is 80.9 Å². The second-order valence-electron chi connectivity index (χ2n) is 6.12. The number of phenolic OH excluding ortho intramolecular Hbond substituents is 4. The van der Waals surface area contributed by atoms with Gasteiger partial charge in [-0.05, 0) is 77.6 Å². The second kappa shape index (κ2) is 4.07. The van der Waals surface area contributed by atoms with Gasteiger partial charge in [-0.25, -0.2) is 0 Å². The minimum atomic E-state index is -0.0810. The summed E-state index contributed by atoms with van der Waals surface area (Å²) in [5, 5.41) is 38.8. The van der Waals surface area contributed by atoms with Gasteiger partial charge in [-0.2, -0.15) is 0 Å². The molecule has 0 saturated carbocycles. The molecule has 2 atom stereocenters. The van der Waals surface area contributed by atoms with Crippen molar-refractivity contribution in [2.24, 2.45) is 0 Å². The third kappa shape index (κ3) is 1.75. The zero-order chi connectivity index (χ0) is 14.7. The molecule has 0 radical (unpaired) electrons. The molecule has 0 heterocycles. The largest absolute Gasteiger partial charge is 0.504 e. The lowest BCUT2D eigenvalue weighted by atomic mass is 9.66. The smallest absolute Gasteiger partial charge is 0.157 e. The summed E-state index contributed by atoms with van der Waals surface area (Å²) in [6.45, 7) is 0.